The highest BCUT2D eigenvalue weighted by molar-refractivity contribution is 4.56. The van der Waals surface area contributed by atoms with Crippen molar-refractivity contribution in [3.05, 3.63) is 0 Å². The van der Waals surface area contributed by atoms with Gasteiger partial charge in [-0.1, -0.05) is 26.7 Å². The monoisotopic (exact) mass is 248 g/mol. The van der Waals surface area contributed by atoms with Gasteiger partial charge < -0.3 is 20.4 Å². The molecule has 0 aliphatic carbocycles. The van der Waals surface area contributed by atoms with Crippen LogP contribution in [0.3, 0.4) is 0 Å². The fourth-order valence-electron chi connectivity index (χ4n) is 1.35. The zero-order valence-corrected chi connectivity index (χ0v) is 11.9. The number of hydrogen-bond donors (Lipinski definition) is 3. The Balaban J connectivity index is 0. The highest BCUT2D eigenvalue weighted by Crippen LogP contribution is 1.97. The summed E-state index contributed by atoms with van der Waals surface area (Å²) in [6.45, 7) is 8.78. The Hall–Kier alpha value is -0.160. The zero-order valence-electron chi connectivity index (χ0n) is 11.9. The molecule has 0 saturated carbocycles. The number of aliphatic hydroxyl groups excluding tert-OH is 2. The van der Waals surface area contributed by atoms with Crippen LogP contribution in [0.2, 0.25) is 0 Å². The van der Waals surface area contributed by atoms with Crippen LogP contribution in [-0.4, -0.2) is 61.6 Å². The van der Waals surface area contributed by atoms with Crippen molar-refractivity contribution in [2.24, 2.45) is 0 Å². The van der Waals surface area contributed by atoms with Gasteiger partial charge in [0.25, 0.3) is 0 Å². The van der Waals surface area contributed by atoms with E-state index in [-0.39, 0.29) is 6.61 Å². The van der Waals surface area contributed by atoms with E-state index in [2.05, 4.69) is 24.1 Å². The van der Waals surface area contributed by atoms with Crippen molar-refractivity contribution in [2.75, 3.05) is 46.4 Å². The summed E-state index contributed by atoms with van der Waals surface area (Å²) >= 11 is 0. The minimum Gasteiger partial charge on any atom is -0.395 e. The second-order valence-corrected chi connectivity index (χ2v) is 4.10. The number of unbranched alkanes of at least 4 members (excludes halogenated alkanes) is 2. The molecular weight excluding hydrogens is 216 g/mol. The molecule has 0 aromatic heterocycles. The van der Waals surface area contributed by atoms with Gasteiger partial charge in [-0.05, 0) is 33.0 Å². The van der Waals surface area contributed by atoms with Crippen molar-refractivity contribution in [1.82, 2.24) is 10.2 Å². The number of hydrogen-bond acceptors (Lipinski definition) is 4. The average Bonchev–Trinajstić information content (AvgIpc) is 2.34. The Bertz CT molecular complexity index is 114. The molecule has 3 N–H and O–H groups in total. The Kier molecular flexibility index (Phi) is 20.6. The lowest BCUT2D eigenvalue weighted by Crippen LogP contribution is -2.28. The van der Waals surface area contributed by atoms with E-state index in [4.69, 9.17) is 10.2 Å². The molecule has 0 fully saturated rings. The second-order valence-electron chi connectivity index (χ2n) is 4.10. The highest BCUT2D eigenvalue weighted by atomic mass is 16.3. The van der Waals surface area contributed by atoms with E-state index < -0.39 is 0 Å². The molecule has 0 aliphatic rings. The third-order valence-corrected chi connectivity index (χ3v) is 2.43. The summed E-state index contributed by atoms with van der Waals surface area (Å²) in [5.41, 5.74) is 0. The van der Waals surface area contributed by atoms with E-state index in [0.717, 1.165) is 19.6 Å². The van der Waals surface area contributed by atoms with Gasteiger partial charge in [-0.2, -0.15) is 0 Å². The number of rotatable bonds is 10. The lowest BCUT2D eigenvalue weighted by atomic mass is 10.2. The molecule has 17 heavy (non-hydrogen) atoms. The number of nitrogens with one attached hydrogen (secondary N) is 1. The first-order valence-electron chi connectivity index (χ1n) is 6.85. The summed E-state index contributed by atoms with van der Waals surface area (Å²) < 4.78 is 0. The van der Waals surface area contributed by atoms with Crippen LogP contribution in [0.15, 0.2) is 0 Å². The molecule has 4 nitrogen and oxygen atoms in total. The molecule has 0 spiro atoms. The van der Waals surface area contributed by atoms with E-state index in [9.17, 15) is 0 Å². The third kappa shape index (κ3) is 18.4. The Morgan fingerprint density at radius 2 is 1.41 bits per heavy atom. The zero-order chi connectivity index (χ0) is 13.4. The van der Waals surface area contributed by atoms with Crippen molar-refractivity contribution in [3.8, 4) is 0 Å². The molecular formula is C13H32N2O2. The van der Waals surface area contributed by atoms with Gasteiger partial charge in [0.2, 0.25) is 0 Å². The van der Waals surface area contributed by atoms with Crippen LogP contribution in [-0.2, 0) is 0 Å². The first-order valence-corrected chi connectivity index (χ1v) is 6.85. The number of aliphatic hydroxyl groups is 2. The van der Waals surface area contributed by atoms with Gasteiger partial charge in [0.05, 0.1) is 13.2 Å². The predicted octanol–water partition coefficient (Wildman–Crippen LogP) is 1.08. The molecule has 0 aromatic carbocycles. The fourth-order valence-corrected chi connectivity index (χ4v) is 1.35. The molecule has 0 aromatic rings. The van der Waals surface area contributed by atoms with Gasteiger partial charge in [-0.3, -0.25) is 0 Å². The summed E-state index contributed by atoms with van der Waals surface area (Å²) in [4.78, 5) is 2.35. The largest absolute Gasteiger partial charge is 0.395 e. The standard InChI is InChI=1S/C10H23NO.C3H9NO/c1-3-5-7-11(9-10-12)8-6-4-2;1-4-2-3-5/h12H,3-10H2,1-2H3;4-5H,2-3H2,1H3. The van der Waals surface area contributed by atoms with Crippen molar-refractivity contribution in [3.63, 3.8) is 0 Å². The minimum absolute atomic E-state index is 0.233. The van der Waals surface area contributed by atoms with Crippen molar-refractivity contribution < 1.29 is 10.2 Å². The summed E-state index contributed by atoms with van der Waals surface area (Å²) in [6.07, 6.45) is 5.00. The minimum atomic E-state index is 0.233. The topological polar surface area (TPSA) is 55.7 Å². The smallest absolute Gasteiger partial charge is 0.0558 e. The summed E-state index contributed by atoms with van der Waals surface area (Å²) in [6, 6.07) is 0. The van der Waals surface area contributed by atoms with Crippen LogP contribution in [0, 0.1) is 0 Å². The molecule has 106 valence electrons. The van der Waals surface area contributed by atoms with Crippen molar-refractivity contribution in [2.45, 2.75) is 39.5 Å². The van der Waals surface area contributed by atoms with Gasteiger partial charge in [0, 0.05) is 13.1 Å². The normalized spacial score (nSPS) is 10.2. The van der Waals surface area contributed by atoms with E-state index >= 15 is 0 Å². The molecule has 0 atom stereocenters. The lowest BCUT2D eigenvalue weighted by Gasteiger charge is -2.20. The average molecular weight is 248 g/mol. The summed E-state index contributed by atoms with van der Waals surface area (Å²) in [5.74, 6) is 0. The molecule has 0 unspecified atom stereocenters. The van der Waals surface area contributed by atoms with Gasteiger partial charge in [0.1, 0.15) is 0 Å². The van der Waals surface area contributed by atoms with E-state index in [1.165, 1.54) is 25.7 Å². The highest BCUT2D eigenvalue weighted by Gasteiger charge is 2.01. The van der Waals surface area contributed by atoms with E-state index in [0.29, 0.717) is 13.2 Å². The van der Waals surface area contributed by atoms with Crippen LogP contribution in [0.25, 0.3) is 0 Å². The summed E-state index contributed by atoms with van der Waals surface area (Å²) in [5, 5.41) is 19.6. The molecule has 0 amide bonds. The van der Waals surface area contributed by atoms with Gasteiger partial charge >= 0.3 is 0 Å². The molecule has 0 rings (SSSR count). The third-order valence-electron chi connectivity index (χ3n) is 2.43. The van der Waals surface area contributed by atoms with Crippen LogP contribution >= 0.6 is 0 Å². The fraction of sp³-hybridized carbons (Fsp3) is 1.00. The van der Waals surface area contributed by atoms with Crippen LogP contribution in [0.5, 0.6) is 0 Å². The first kappa shape index (κ1) is 19.2. The first-order chi connectivity index (χ1) is 8.26. The predicted molar refractivity (Wildman–Crippen MR) is 74.4 cm³/mol. The Morgan fingerprint density at radius 1 is 0.882 bits per heavy atom. The van der Waals surface area contributed by atoms with Crippen LogP contribution in [0.1, 0.15) is 39.5 Å². The molecule has 0 heterocycles. The maximum Gasteiger partial charge on any atom is 0.0558 e. The van der Waals surface area contributed by atoms with Crippen LogP contribution in [0.4, 0.5) is 0 Å². The summed E-state index contributed by atoms with van der Waals surface area (Å²) in [7, 11) is 1.80. The van der Waals surface area contributed by atoms with Gasteiger partial charge in [0.15, 0.2) is 0 Å². The maximum absolute atomic E-state index is 8.79. The molecule has 4 heteroatoms. The Labute approximate surface area is 107 Å². The second kappa shape index (κ2) is 18.2. The molecule has 0 radical (unpaired) electrons. The van der Waals surface area contributed by atoms with Crippen molar-refractivity contribution in [1.29, 1.82) is 0 Å². The van der Waals surface area contributed by atoms with Crippen molar-refractivity contribution >= 4 is 0 Å². The SMILES string of the molecule is CCCCN(CCO)CCCC.CNCCO. The Morgan fingerprint density at radius 3 is 1.65 bits per heavy atom. The van der Waals surface area contributed by atoms with Gasteiger partial charge in [-0.15, -0.1) is 0 Å². The molecule has 0 aliphatic heterocycles. The lowest BCUT2D eigenvalue weighted by molar-refractivity contribution is 0.192. The molecule has 0 saturated heterocycles. The number of likely N-dealkylation sites (N-methyl/N-ethyl adjacent to an activating group) is 1. The van der Waals surface area contributed by atoms with Crippen LogP contribution < -0.4 is 5.32 Å². The van der Waals surface area contributed by atoms with E-state index in [1.54, 1.807) is 7.05 Å². The van der Waals surface area contributed by atoms with Gasteiger partial charge in [-0.25, -0.2) is 0 Å². The maximum atomic E-state index is 8.79. The number of nitrogens with zero attached hydrogens (tertiary/aromatic N) is 1. The van der Waals surface area contributed by atoms with E-state index in [1.807, 2.05) is 0 Å². The molecule has 0 bridgehead atoms. The quantitative estimate of drug-likeness (QED) is 0.541.